The fourth-order valence-corrected chi connectivity index (χ4v) is 2.90. The zero-order valence-electron chi connectivity index (χ0n) is 15.3. The van der Waals surface area contributed by atoms with Gasteiger partial charge in [-0.3, -0.25) is 10.1 Å². The highest BCUT2D eigenvalue weighted by atomic mass is 16.4. The highest BCUT2D eigenvalue weighted by Gasteiger charge is 2.15. The number of aliphatic carboxylic acids is 1. The molecule has 29 heavy (non-hydrogen) atoms. The van der Waals surface area contributed by atoms with Crippen LogP contribution < -0.4 is 10.4 Å². The van der Waals surface area contributed by atoms with Crippen LogP contribution in [-0.4, -0.2) is 31.5 Å². The zero-order chi connectivity index (χ0) is 20.2. The summed E-state index contributed by atoms with van der Waals surface area (Å²) in [5, 5.41) is 17.4. The summed E-state index contributed by atoms with van der Waals surface area (Å²) in [6.45, 7) is 0. The Bertz CT molecular complexity index is 1170. The number of carbonyl (C=O) groups excluding carboxylic acids is 2. The quantitative estimate of drug-likeness (QED) is 0.542. The molecule has 0 saturated heterocycles. The van der Waals surface area contributed by atoms with Crippen LogP contribution in [-0.2, 0) is 9.59 Å². The largest absolute Gasteiger partial charge is 0.550 e. The first kappa shape index (κ1) is 18.3. The minimum atomic E-state index is -1.29. The van der Waals surface area contributed by atoms with Crippen molar-refractivity contribution in [1.82, 2.24) is 19.6 Å². The van der Waals surface area contributed by atoms with Gasteiger partial charge in [-0.1, -0.05) is 60.7 Å². The normalized spacial score (nSPS) is 10.8. The molecule has 0 aliphatic heterocycles. The number of carboxylic acids is 1. The van der Waals surface area contributed by atoms with Crippen molar-refractivity contribution in [3.05, 3.63) is 66.7 Å². The fourth-order valence-electron chi connectivity index (χ4n) is 2.90. The Morgan fingerprint density at radius 1 is 0.897 bits per heavy atom. The maximum Gasteiger partial charge on any atom is 0.255 e. The van der Waals surface area contributed by atoms with Gasteiger partial charge in [0.15, 0.2) is 0 Å². The van der Waals surface area contributed by atoms with E-state index in [4.69, 9.17) is 0 Å². The van der Waals surface area contributed by atoms with E-state index in [0.29, 0.717) is 5.78 Å². The van der Waals surface area contributed by atoms with E-state index in [1.54, 1.807) is 4.52 Å². The van der Waals surface area contributed by atoms with Crippen molar-refractivity contribution in [3.8, 4) is 22.5 Å². The van der Waals surface area contributed by atoms with Crippen molar-refractivity contribution in [2.75, 3.05) is 5.32 Å². The third-order valence-electron chi connectivity index (χ3n) is 4.26. The molecule has 0 unspecified atom stereocenters. The molecular formula is C21H16N5O3-. The van der Waals surface area contributed by atoms with Crippen LogP contribution in [0.15, 0.2) is 66.7 Å². The number of nitrogens with one attached hydrogen (secondary N) is 1. The van der Waals surface area contributed by atoms with Crippen molar-refractivity contribution in [3.63, 3.8) is 0 Å². The van der Waals surface area contributed by atoms with Gasteiger partial charge in [0.25, 0.3) is 11.7 Å². The number of aromatic nitrogens is 4. The third-order valence-corrected chi connectivity index (χ3v) is 4.26. The van der Waals surface area contributed by atoms with Gasteiger partial charge in [-0.2, -0.15) is 9.50 Å². The summed E-state index contributed by atoms with van der Waals surface area (Å²) in [6, 6.07) is 21.3. The van der Waals surface area contributed by atoms with Gasteiger partial charge in [0.1, 0.15) is 0 Å². The predicted molar refractivity (Wildman–Crippen MR) is 105 cm³/mol. The maximum atomic E-state index is 11.9. The van der Waals surface area contributed by atoms with Gasteiger partial charge < -0.3 is 9.90 Å². The molecule has 0 saturated carbocycles. The first-order chi connectivity index (χ1) is 14.1. The van der Waals surface area contributed by atoms with Crippen LogP contribution >= 0.6 is 0 Å². The van der Waals surface area contributed by atoms with Crippen molar-refractivity contribution in [1.29, 1.82) is 0 Å². The van der Waals surface area contributed by atoms with Gasteiger partial charge >= 0.3 is 0 Å². The van der Waals surface area contributed by atoms with Crippen LogP contribution in [0, 0.1) is 0 Å². The molecule has 1 N–H and O–H groups in total. The molecule has 4 rings (SSSR count). The monoisotopic (exact) mass is 386 g/mol. The number of carboxylic acid groups (broad SMARTS) is 1. The average Bonchev–Trinajstić information content (AvgIpc) is 3.15. The van der Waals surface area contributed by atoms with Gasteiger partial charge in [0, 0.05) is 23.5 Å². The van der Waals surface area contributed by atoms with E-state index < -0.39 is 11.9 Å². The molecule has 2 aromatic heterocycles. The predicted octanol–water partition coefficient (Wildman–Crippen LogP) is 1.93. The van der Waals surface area contributed by atoms with Crippen LogP contribution in [0.2, 0.25) is 0 Å². The standard InChI is InChI=1S/C21H17N5O3/c27-18(11-12-19(28)29)23-20-24-21-22-16(14-7-3-1-4-8-14)13-17(26(21)25-20)15-9-5-2-6-10-15/h1-10,13H,11-12H2,(H,28,29)(H,23,25,27)/p-1. The van der Waals surface area contributed by atoms with Crippen molar-refractivity contribution in [2.45, 2.75) is 12.8 Å². The van der Waals surface area contributed by atoms with Gasteiger partial charge in [0.2, 0.25) is 5.91 Å². The number of carbonyl (C=O) groups is 2. The van der Waals surface area contributed by atoms with Crippen LogP contribution in [0.4, 0.5) is 5.95 Å². The Morgan fingerprint density at radius 3 is 2.21 bits per heavy atom. The molecule has 144 valence electrons. The molecule has 2 aromatic carbocycles. The Balaban J connectivity index is 1.77. The van der Waals surface area contributed by atoms with Crippen LogP contribution in [0.1, 0.15) is 12.8 Å². The number of hydrogen-bond acceptors (Lipinski definition) is 6. The number of rotatable bonds is 6. The summed E-state index contributed by atoms with van der Waals surface area (Å²) in [4.78, 5) is 31.3. The van der Waals surface area contributed by atoms with E-state index in [9.17, 15) is 14.7 Å². The van der Waals surface area contributed by atoms with Crippen LogP contribution in [0.3, 0.4) is 0 Å². The molecule has 0 aliphatic carbocycles. The van der Waals surface area contributed by atoms with Crippen molar-refractivity contribution < 1.29 is 14.7 Å². The van der Waals surface area contributed by atoms with Crippen molar-refractivity contribution >= 4 is 23.6 Å². The lowest BCUT2D eigenvalue weighted by molar-refractivity contribution is -0.305. The molecule has 2 heterocycles. The first-order valence-electron chi connectivity index (χ1n) is 8.98. The molecule has 4 aromatic rings. The minimum absolute atomic E-state index is 0.0586. The maximum absolute atomic E-state index is 11.9. The highest BCUT2D eigenvalue weighted by molar-refractivity contribution is 5.91. The zero-order valence-corrected chi connectivity index (χ0v) is 15.3. The van der Waals surface area contributed by atoms with E-state index in [1.165, 1.54) is 0 Å². The topological polar surface area (TPSA) is 112 Å². The molecule has 0 bridgehead atoms. The number of benzene rings is 2. The SMILES string of the molecule is O=C([O-])CCC(=O)Nc1nc2nc(-c3ccccc3)cc(-c3ccccc3)n2n1. The summed E-state index contributed by atoms with van der Waals surface area (Å²) >= 11 is 0. The molecule has 0 spiro atoms. The number of nitrogens with zero attached hydrogens (tertiary/aromatic N) is 4. The summed E-state index contributed by atoms with van der Waals surface area (Å²) in [5.41, 5.74) is 3.32. The molecule has 0 atom stereocenters. The second-order valence-corrected chi connectivity index (χ2v) is 6.33. The van der Waals surface area contributed by atoms with Gasteiger partial charge in [-0.25, -0.2) is 4.98 Å². The molecule has 0 aliphatic rings. The van der Waals surface area contributed by atoms with Gasteiger partial charge in [0.05, 0.1) is 11.4 Å². The Labute approximate surface area is 165 Å². The Morgan fingerprint density at radius 2 is 1.55 bits per heavy atom. The van der Waals surface area contributed by atoms with Crippen molar-refractivity contribution in [2.24, 2.45) is 0 Å². The lowest BCUT2D eigenvalue weighted by atomic mass is 10.1. The number of amides is 1. The fraction of sp³-hybridized carbons (Fsp3) is 0.0952. The molecule has 0 fully saturated rings. The average molecular weight is 386 g/mol. The second-order valence-electron chi connectivity index (χ2n) is 6.33. The highest BCUT2D eigenvalue weighted by Crippen LogP contribution is 2.26. The lowest BCUT2D eigenvalue weighted by Crippen LogP contribution is -2.24. The Kier molecular flexibility index (Phi) is 4.98. The van der Waals surface area contributed by atoms with E-state index in [2.05, 4.69) is 20.4 Å². The number of hydrogen-bond donors (Lipinski definition) is 1. The summed E-state index contributed by atoms with van der Waals surface area (Å²) in [7, 11) is 0. The Hall–Kier alpha value is -4.07. The minimum Gasteiger partial charge on any atom is -0.550 e. The first-order valence-corrected chi connectivity index (χ1v) is 8.98. The smallest absolute Gasteiger partial charge is 0.255 e. The molecule has 0 radical (unpaired) electrons. The van der Waals surface area contributed by atoms with E-state index >= 15 is 0 Å². The van der Waals surface area contributed by atoms with Gasteiger partial charge in [-0.05, 0) is 12.5 Å². The van der Waals surface area contributed by atoms with Crippen LogP contribution in [0.5, 0.6) is 0 Å². The lowest BCUT2D eigenvalue weighted by Gasteiger charge is -2.07. The molecule has 8 nitrogen and oxygen atoms in total. The van der Waals surface area contributed by atoms with E-state index in [-0.39, 0.29) is 18.8 Å². The second kappa shape index (κ2) is 7.89. The van der Waals surface area contributed by atoms with Gasteiger partial charge in [-0.15, -0.1) is 5.10 Å². The molecule has 1 amide bonds. The summed E-state index contributed by atoms with van der Waals surface area (Å²) in [5.74, 6) is -1.41. The number of anilines is 1. The summed E-state index contributed by atoms with van der Waals surface area (Å²) in [6.07, 6.45) is -0.586. The van der Waals surface area contributed by atoms with Crippen LogP contribution in [0.25, 0.3) is 28.3 Å². The molecule has 8 heteroatoms. The third kappa shape index (κ3) is 4.11. The van der Waals surface area contributed by atoms with E-state index in [0.717, 1.165) is 22.5 Å². The van der Waals surface area contributed by atoms with E-state index in [1.807, 2.05) is 66.7 Å². The number of fused-ring (bicyclic) bond motifs is 1. The summed E-state index contributed by atoms with van der Waals surface area (Å²) < 4.78 is 1.55. The molecular weight excluding hydrogens is 370 g/mol.